The number of nitrogens with zero attached hydrogens (tertiary/aromatic N) is 2. The average molecular weight is 416 g/mol. The van der Waals surface area contributed by atoms with E-state index in [2.05, 4.69) is 5.32 Å². The molecule has 7 nitrogen and oxygen atoms in total. The summed E-state index contributed by atoms with van der Waals surface area (Å²) in [6, 6.07) is 7.80. The van der Waals surface area contributed by atoms with Crippen molar-refractivity contribution in [2.75, 3.05) is 44.7 Å². The van der Waals surface area contributed by atoms with Gasteiger partial charge in [0.25, 0.3) is 0 Å². The van der Waals surface area contributed by atoms with Gasteiger partial charge in [-0.1, -0.05) is 17.7 Å². The van der Waals surface area contributed by atoms with Gasteiger partial charge in [0.2, 0.25) is 5.91 Å². The average Bonchev–Trinajstić information content (AvgIpc) is 3.22. The van der Waals surface area contributed by atoms with Gasteiger partial charge in [-0.05, 0) is 44.2 Å². The highest BCUT2D eigenvalue weighted by Crippen LogP contribution is 2.32. The van der Waals surface area contributed by atoms with Crippen LogP contribution in [0.2, 0.25) is 0 Å². The van der Waals surface area contributed by atoms with E-state index >= 15 is 0 Å². The molecule has 1 atom stereocenters. The number of rotatable bonds is 4. The first-order valence-electron chi connectivity index (χ1n) is 11.2. The number of hydrogen-bond donors (Lipinski definition) is 1. The first kappa shape index (κ1) is 21.1. The van der Waals surface area contributed by atoms with E-state index in [1.165, 1.54) is 5.56 Å². The standard InChI is InChI=1S/C23H33N3O4/c1-18-4-7-20(8-5-18)24-22(28)26-12-2-3-19(17-26)6-9-21(27)25-13-10-23(11-14-25)29-15-16-30-23/h4-5,7-8,19H,2-3,6,9-17H2,1H3,(H,24,28)/t19-/m1/s1. The van der Waals surface area contributed by atoms with Gasteiger partial charge in [0.1, 0.15) is 0 Å². The number of carbonyl (C=O) groups excluding carboxylic acids is 2. The van der Waals surface area contributed by atoms with Gasteiger partial charge in [0.05, 0.1) is 13.2 Å². The third-order valence-electron chi connectivity index (χ3n) is 6.57. The number of piperidine rings is 2. The van der Waals surface area contributed by atoms with E-state index in [1.54, 1.807) is 0 Å². The molecule has 30 heavy (non-hydrogen) atoms. The molecule has 0 bridgehead atoms. The molecule has 164 valence electrons. The van der Waals surface area contributed by atoms with Crippen LogP contribution >= 0.6 is 0 Å². The number of anilines is 1. The number of benzene rings is 1. The summed E-state index contributed by atoms with van der Waals surface area (Å²) in [5.41, 5.74) is 1.99. The highest BCUT2D eigenvalue weighted by Gasteiger charge is 2.40. The molecule has 1 aromatic rings. The van der Waals surface area contributed by atoms with E-state index in [-0.39, 0.29) is 11.9 Å². The molecular formula is C23H33N3O4. The number of amides is 3. The van der Waals surface area contributed by atoms with Crippen molar-refractivity contribution in [3.05, 3.63) is 29.8 Å². The molecule has 1 N–H and O–H groups in total. The summed E-state index contributed by atoms with van der Waals surface area (Å²) in [4.78, 5) is 29.1. The third-order valence-corrected chi connectivity index (χ3v) is 6.57. The summed E-state index contributed by atoms with van der Waals surface area (Å²) in [6.07, 6.45) is 4.96. The first-order valence-corrected chi connectivity index (χ1v) is 11.2. The van der Waals surface area contributed by atoms with Crippen molar-refractivity contribution in [3.63, 3.8) is 0 Å². The maximum atomic E-state index is 12.7. The van der Waals surface area contributed by atoms with Crippen molar-refractivity contribution in [2.45, 2.75) is 51.2 Å². The van der Waals surface area contributed by atoms with Crippen molar-refractivity contribution in [2.24, 2.45) is 5.92 Å². The monoisotopic (exact) mass is 415 g/mol. The Morgan fingerprint density at radius 3 is 2.47 bits per heavy atom. The maximum absolute atomic E-state index is 12.7. The molecule has 0 radical (unpaired) electrons. The molecule has 3 amide bonds. The number of aryl methyl sites for hydroxylation is 1. The second kappa shape index (κ2) is 9.35. The Labute approximate surface area is 178 Å². The van der Waals surface area contributed by atoms with Crippen LogP contribution in [0.4, 0.5) is 10.5 Å². The van der Waals surface area contributed by atoms with Crippen LogP contribution in [0.3, 0.4) is 0 Å². The van der Waals surface area contributed by atoms with Gasteiger partial charge in [0, 0.05) is 51.1 Å². The van der Waals surface area contributed by atoms with Crippen LogP contribution in [0, 0.1) is 12.8 Å². The fourth-order valence-electron chi connectivity index (χ4n) is 4.69. The first-order chi connectivity index (χ1) is 14.5. The zero-order chi connectivity index (χ0) is 21.0. The number of likely N-dealkylation sites (tertiary alicyclic amines) is 2. The van der Waals surface area contributed by atoms with Crippen molar-refractivity contribution < 1.29 is 19.1 Å². The van der Waals surface area contributed by atoms with E-state index < -0.39 is 5.79 Å². The smallest absolute Gasteiger partial charge is 0.321 e. The topological polar surface area (TPSA) is 71.1 Å². The minimum Gasteiger partial charge on any atom is -0.347 e. The Hall–Kier alpha value is -2.12. The number of hydrogen-bond acceptors (Lipinski definition) is 4. The molecule has 3 saturated heterocycles. The Balaban J connectivity index is 1.20. The van der Waals surface area contributed by atoms with E-state index in [0.717, 1.165) is 50.9 Å². The second-order valence-corrected chi connectivity index (χ2v) is 8.78. The molecule has 3 heterocycles. The van der Waals surface area contributed by atoms with Gasteiger partial charge in [-0.2, -0.15) is 0 Å². The summed E-state index contributed by atoms with van der Waals surface area (Å²) in [7, 11) is 0. The summed E-state index contributed by atoms with van der Waals surface area (Å²) in [6.45, 7) is 6.24. The summed E-state index contributed by atoms with van der Waals surface area (Å²) in [5, 5.41) is 2.99. The SMILES string of the molecule is Cc1ccc(NC(=O)N2CCC[C@H](CCC(=O)N3CCC4(CC3)OCCO4)C2)cc1. The van der Waals surface area contributed by atoms with Crippen molar-refractivity contribution >= 4 is 17.6 Å². The van der Waals surface area contributed by atoms with Crippen molar-refractivity contribution in [1.29, 1.82) is 0 Å². The number of urea groups is 1. The van der Waals surface area contributed by atoms with Crippen LogP contribution in [-0.4, -0.2) is 66.9 Å². The molecule has 0 unspecified atom stereocenters. The zero-order valence-electron chi connectivity index (χ0n) is 17.9. The minimum atomic E-state index is -0.439. The van der Waals surface area contributed by atoms with Gasteiger partial charge in [-0.25, -0.2) is 4.79 Å². The van der Waals surface area contributed by atoms with E-state index in [1.807, 2.05) is 41.0 Å². The van der Waals surface area contributed by atoms with E-state index in [4.69, 9.17) is 9.47 Å². The van der Waals surface area contributed by atoms with Crippen molar-refractivity contribution in [1.82, 2.24) is 9.80 Å². The van der Waals surface area contributed by atoms with Crippen LogP contribution in [0.5, 0.6) is 0 Å². The molecule has 3 fully saturated rings. The number of ether oxygens (including phenoxy) is 2. The maximum Gasteiger partial charge on any atom is 0.321 e. The Kier molecular flexibility index (Phi) is 6.58. The molecule has 3 aliphatic heterocycles. The molecule has 4 rings (SSSR count). The van der Waals surface area contributed by atoms with Crippen LogP contribution in [0.15, 0.2) is 24.3 Å². The fraction of sp³-hybridized carbons (Fsp3) is 0.652. The van der Waals surface area contributed by atoms with E-state index in [0.29, 0.717) is 38.6 Å². The Bertz CT molecular complexity index is 735. The number of carbonyl (C=O) groups is 2. The molecule has 1 spiro atoms. The predicted molar refractivity (Wildman–Crippen MR) is 114 cm³/mol. The molecule has 0 saturated carbocycles. The molecule has 0 aromatic heterocycles. The lowest BCUT2D eigenvalue weighted by molar-refractivity contribution is -0.187. The van der Waals surface area contributed by atoms with Gasteiger partial charge in [-0.15, -0.1) is 0 Å². The fourth-order valence-corrected chi connectivity index (χ4v) is 4.69. The normalized spacial score (nSPS) is 23.6. The van der Waals surface area contributed by atoms with Crippen LogP contribution < -0.4 is 5.32 Å². The summed E-state index contributed by atoms with van der Waals surface area (Å²) in [5.74, 6) is 0.152. The molecule has 3 aliphatic rings. The highest BCUT2D eigenvalue weighted by atomic mass is 16.7. The second-order valence-electron chi connectivity index (χ2n) is 8.78. The quantitative estimate of drug-likeness (QED) is 0.818. The predicted octanol–water partition coefficient (Wildman–Crippen LogP) is 3.38. The van der Waals surface area contributed by atoms with Gasteiger partial charge in [-0.3, -0.25) is 4.79 Å². The lowest BCUT2D eigenvalue weighted by Crippen LogP contribution is -2.47. The highest BCUT2D eigenvalue weighted by molar-refractivity contribution is 5.89. The third kappa shape index (κ3) is 5.13. The van der Waals surface area contributed by atoms with Crippen molar-refractivity contribution in [3.8, 4) is 0 Å². The lowest BCUT2D eigenvalue weighted by atomic mass is 9.93. The number of nitrogens with one attached hydrogen (secondary N) is 1. The summed E-state index contributed by atoms with van der Waals surface area (Å²) >= 11 is 0. The molecular weight excluding hydrogens is 382 g/mol. The Morgan fingerprint density at radius 2 is 1.77 bits per heavy atom. The Morgan fingerprint density at radius 1 is 1.07 bits per heavy atom. The van der Waals surface area contributed by atoms with Gasteiger partial charge in [0.15, 0.2) is 5.79 Å². The van der Waals surface area contributed by atoms with Gasteiger partial charge < -0.3 is 24.6 Å². The molecule has 1 aromatic carbocycles. The molecule has 7 heteroatoms. The minimum absolute atomic E-state index is 0.0484. The molecule has 0 aliphatic carbocycles. The summed E-state index contributed by atoms with van der Waals surface area (Å²) < 4.78 is 11.5. The van der Waals surface area contributed by atoms with E-state index in [9.17, 15) is 9.59 Å². The largest absolute Gasteiger partial charge is 0.347 e. The van der Waals surface area contributed by atoms with Crippen LogP contribution in [0.25, 0.3) is 0 Å². The van der Waals surface area contributed by atoms with Crippen LogP contribution in [0.1, 0.15) is 44.1 Å². The lowest BCUT2D eigenvalue weighted by Gasteiger charge is -2.38. The van der Waals surface area contributed by atoms with Gasteiger partial charge >= 0.3 is 6.03 Å². The van der Waals surface area contributed by atoms with Crippen LogP contribution in [-0.2, 0) is 14.3 Å². The zero-order valence-corrected chi connectivity index (χ0v) is 17.9.